The van der Waals surface area contributed by atoms with Gasteiger partial charge in [0, 0.05) is 17.6 Å². The van der Waals surface area contributed by atoms with Crippen LogP contribution in [0.5, 0.6) is 5.75 Å². The van der Waals surface area contributed by atoms with Gasteiger partial charge in [0.25, 0.3) is 5.91 Å². The van der Waals surface area contributed by atoms with Crippen LogP contribution in [0, 0.1) is 6.92 Å². The molecule has 1 N–H and O–H groups in total. The molecule has 0 spiro atoms. The summed E-state index contributed by atoms with van der Waals surface area (Å²) in [5.41, 5.74) is 0.890. The van der Waals surface area contributed by atoms with E-state index in [1.165, 1.54) is 4.90 Å². The van der Waals surface area contributed by atoms with Gasteiger partial charge in [0.1, 0.15) is 11.8 Å². The van der Waals surface area contributed by atoms with Crippen LogP contribution in [0.15, 0.2) is 22.7 Å². The number of nitrogens with zero attached hydrogens (tertiary/aromatic N) is 1. The van der Waals surface area contributed by atoms with Gasteiger partial charge in [0.2, 0.25) is 5.91 Å². The van der Waals surface area contributed by atoms with Crippen LogP contribution in [0.1, 0.15) is 18.9 Å². The summed E-state index contributed by atoms with van der Waals surface area (Å²) in [6.07, 6.45) is -0.164. The number of benzene rings is 1. The zero-order chi connectivity index (χ0) is 18.4. The van der Waals surface area contributed by atoms with Crippen molar-refractivity contribution in [3.05, 3.63) is 28.2 Å². The predicted octanol–water partition coefficient (Wildman–Crippen LogP) is 1.42. The Morgan fingerprint density at radius 2 is 2.16 bits per heavy atom. The molecule has 25 heavy (non-hydrogen) atoms. The maximum Gasteiger partial charge on any atom is 0.308 e. The minimum Gasteiger partial charge on any atom is -0.483 e. The first-order valence-corrected chi connectivity index (χ1v) is 8.83. The number of ether oxygens (including phenoxy) is 2. The topological polar surface area (TPSA) is 84.9 Å². The minimum absolute atomic E-state index is 0.164. The highest BCUT2D eigenvalue weighted by atomic mass is 79.9. The normalized spacial score (nSPS) is 17.0. The Morgan fingerprint density at radius 1 is 1.40 bits per heavy atom. The summed E-state index contributed by atoms with van der Waals surface area (Å²) in [6, 6.07) is 4.61. The molecule has 7 nitrogen and oxygen atoms in total. The van der Waals surface area contributed by atoms with E-state index in [-0.39, 0.29) is 31.4 Å². The van der Waals surface area contributed by atoms with Crippen molar-refractivity contribution >= 4 is 33.7 Å². The number of rotatable bonds is 6. The Bertz CT molecular complexity index is 664. The van der Waals surface area contributed by atoms with Crippen molar-refractivity contribution in [1.29, 1.82) is 0 Å². The quantitative estimate of drug-likeness (QED) is 0.714. The molecule has 2 amide bonds. The lowest BCUT2D eigenvalue weighted by atomic mass is 10.1. The Labute approximate surface area is 154 Å². The van der Waals surface area contributed by atoms with Crippen molar-refractivity contribution in [1.82, 2.24) is 10.2 Å². The van der Waals surface area contributed by atoms with Crippen molar-refractivity contribution in [3.8, 4) is 5.75 Å². The van der Waals surface area contributed by atoms with Crippen molar-refractivity contribution in [2.24, 2.45) is 0 Å². The maximum absolute atomic E-state index is 12.5. The van der Waals surface area contributed by atoms with E-state index in [1.807, 2.05) is 19.1 Å². The summed E-state index contributed by atoms with van der Waals surface area (Å²) in [6.45, 7) is 4.28. The highest BCUT2D eigenvalue weighted by molar-refractivity contribution is 9.10. The number of hydrogen-bond donors (Lipinski definition) is 1. The van der Waals surface area contributed by atoms with Crippen LogP contribution in [0.25, 0.3) is 0 Å². The third kappa shape index (κ3) is 5.19. The van der Waals surface area contributed by atoms with Crippen LogP contribution >= 0.6 is 15.9 Å². The lowest BCUT2D eigenvalue weighted by Crippen LogP contribution is -2.58. The van der Waals surface area contributed by atoms with E-state index in [0.29, 0.717) is 18.8 Å². The number of hydrogen-bond acceptors (Lipinski definition) is 5. The number of esters is 1. The van der Waals surface area contributed by atoms with Gasteiger partial charge in [-0.25, -0.2) is 0 Å². The highest BCUT2D eigenvalue weighted by Gasteiger charge is 2.35. The number of nitrogens with one attached hydrogen (secondary N) is 1. The lowest BCUT2D eigenvalue weighted by molar-refractivity contribution is -0.152. The molecule has 1 heterocycles. The average molecular weight is 413 g/mol. The van der Waals surface area contributed by atoms with Crippen molar-refractivity contribution in [2.75, 3.05) is 26.3 Å². The smallest absolute Gasteiger partial charge is 0.308 e. The second-order valence-corrected chi connectivity index (χ2v) is 6.52. The maximum atomic E-state index is 12.5. The van der Waals surface area contributed by atoms with Gasteiger partial charge in [-0.3, -0.25) is 14.4 Å². The van der Waals surface area contributed by atoms with Crippen LogP contribution in [0.3, 0.4) is 0 Å². The standard InChI is InChI=1S/C17H21BrN2O5/c1-3-24-16(22)9-13-17(23)19-6-7-20(13)15(21)10-25-14-5-4-12(18)8-11(14)2/h4-5,8,13H,3,6-7,9-10H2,1-2H3,(H,19,23)/t13-/m0/s1. The van der Waals surface area contributed by atoms with E-state index < -0.39 is 12.0 Å². The molecule has 1 aromatic rings. The third-order valence-corrected chi connectivity index (χ3v) is 4.30. The largest absolute Gasteiger partial charge is 0.483 e. The van der Waals surface area contributed by atoms with Crippen LogP contribution < -0.4 is 10.1 Å². The molecule has 0 unspecified atom stereocenters. The fourth-order valence-corrected chi connectivity index (χ4v) is 3.07. The second kappa shape index (κ2) is 8.84. The summed E-state index contributed by atoms with van der Waals surface area (Å²) >= 11 is 3.37. The van der Waals surface area contributed by atoms with Gasteiger partial charge in [-0.05, 0) is 37.6 Å². The molecule has 1 atom stereocenters. The molecule has 1 saturated heterocycles. The third-order valence-electron chi connectivity index (χ3n) is 3.80. The van der Waals surface area contributed by atoms with Crippen LogP contribution in [-0.2, 0) is 19.1 Å². The molecule has 0 radical (unpaired) electrons. The molecule has 1 fully saturated rings. The van der Waals surface area contributed by atoms with Crippen LogP contribution in [0.2, 0.25) is 0 Å². The molecule has 1 aliphatic heterocycles. The monoisotopic (exact) mass is 412 g/mol. The molecule has 1 aromatic carbocycles. The molecule has 0 saturated carbocycles. The summed E-state index contributed by atoms with van der Waals surface area (Å²) < 4.78 is 11.4. The van der Waals surface area contributed by atoms with Crippen LogP contribution in [-0.4, -0.2) is 55.0 Å². The molecule has 0 bridgehead atoms. The van der Waals surface area contributed by atoms with Gasteiger partial charge in [0.05, 0.1) is 13.0 Å². The number of aryl methyl sites for hydroxylation is 1. The fourth-order valence-electron chi connectivity index (χ4n) is 2.59. The van der Waals surface area contributed by atoms with Crippen LogP contribution in [0.4, 0.5) is 0 Å². The fraction of sp³-hybridized carbons (Fsp3) is 0.471. The summed E-state index contributed by atoms with van der Waals surface area (Å²) in [7, 11) is 0. The van der Waals surface area contributed by atoms with E-state index in [9.17, 15) is 14.4 Å². The first-order valence-electron chi connectivity index (χ1n) is 8.04. The Balaban J connectivity index is 2.01. The van der Waals surface area contributed by atoms with Gasteiger partial charge >= 0.3 is 5.97 Å². The van der Waals surface area contributed by atoms with Crippen molar-refractivity contribution < 1.29 is 23.9 Å². The summed E-state index contributed by atoms with van der Waals surface area (Å²) in [4.78, 5) is 37.6. The average Bonchev–Trinajstić information content (AvgIpc) is 2.56. The van der Waals surface area contributed by atoms with Gasteiger partial charge in [0.15, 0.2) is 6.61 Å². The zero-order valence-electron chi connectivity index (χ0n) is 14.2. The molecule has 2 rings (SSSR count). The van der Waals surface area contributed by atoms with E-state index in [0.717, 1.165) is 10.0 Å². The lowest BCUT2D eigenvalue weighted by Gasteiger charge is -2.34. The molecule has 8 heteroatoms. The first-order chi connectivity index (χ1) is 11.9. The van der Waals surface area contributed by atoms with E-state index >= 15 is 0 Å². The summed E-state index contributed by atoms with van der Waals surface area (Å²) in [5, 5.41) is 2.67. The Kier molecular flexibility index (Phi) is 6.81. The predicted molar refractivity (Wildman–Crippen MR) is 94.1 cm³/mol. The molecule has 136 valence electrons. The summed E-state index contributed by atoms with van der Waals surface area (Å²) in [5.74, 6) is -0.606. The minimum atomic E-state index is -0.866. The number of piperazine rings is 1. The van der Waals surface area contributed by atoms with Gasteiger partial charge in [-0.15, -0.1) is 0 Å². The van der Waals surface area contributed by atoms with E-state index in [2.05, 4.69) is 21.2 Å². The Hall–Kier alpha value is -2.09. The van der Waals surface area contributed by atoms with Gasteiger partial charge < -0.3 is 19.7 Å². The van der Waals surface area contributed by atoms with E-state index in [1.54, 1.807) is 13.0 Å². The molecule has 1 aliphatic rings. The van der Waals surface area contributed by atoms with Gasteiger partial charge in [-0.2, -0.15) is 0 Å². The molecular formula is C17H21BrN2O5. The van der Waals surface area contributed by atoms with Crippen molar-refractivity contribution in [2.45, 2.75) is 26.3 Å². The number of amides is 2. The molecular weight excluding hydrogens is 392 g/mol. The number of halogens is 1. The van der Waals surface area contributed by atoms with Crippen molar-refractivity contribution in [3.63, 3.8) is 0 Å². The number of carbonyl (C=O) groups excluding carboxylic acids is 3. The molecule has 0 aliphatic carbocycles. The zero-order valence-corrected chi connectivity index (χ0v) is 15.8. The highest BCUT2D eigenvalue weighted by Crippen LogP contribution is 2.22. The first kappa shape index (κ1) is 19.2. The second-order valence-electron chi connectivity index (χ2n) is 5.60. The number of carbonyl (C=O) groups is 3. The Morgan fingerprint density at radius 3 is 2.84 bits per heavy atom. The van der Waals surface area contributed by atoms with E-state index in [4.69, 9.17) is 9.47 Å². The SMILES string of the molecule is CCOC(=O)C[C@H]1C(=O)NCCN1C(=O)COc1ccc(Br)cc1C. The molecule has 0 aromatic heterocycles. The van der Waals surface area contributed by atoms with Gasteiger partial charge in [-0.1, -0.05) is 15.9 Å².